The topological polar surface area (TPSA) is 66.5 Å². The van der Waals surface area contributed by atoms with Gasteiger partial charge in [0.25, 0.3) is 10.0 Å². The number of Topliss-reactive ketones (excluding diaryl/α,β-unsaturated/α-hetero) is 1. The number of carbonyl (C=O) groups is 1. The van der Waals surface area contributed by atoms with Crippen molar-refractivity contribution in [3.8, 4) is 0 Å². The molecule has 0 saturated heterocycles. The van der Waals surface area contributed by atoms with E-state index < -0.39 is 15.8 Å². The van der Waals surface area contributed by atoms with Crippen LogP contribution in [-0.2, 0) is 16.6 Å². The SMILES string of the molecule is Cc1cccc(NC=C2C(=O)c3ccccc3N(Cc3ccccc3)S2(=O)=O)c1. The lowest BCUT2D eigenvalue weighted by Gasteiger charge is -2.31. The van der Waals surface area contributed by atoms with Crippen molar-refractivity contribution in [3.63, 3.8) is 0 Å². The number of anilines is 2. The molecule has 0 saturated carbocycles. The number of nitrogens with one attached hydrogen (secondary N) is 1. The van der Waals surface area contributed by atoms with Crippen molar-refractivity contribution in [2.75, 3.05) is 9.62 Å². The highest BCUT2D eigenvalue weighted by Crippen LogP contribution is 2.36. The van der Waals surface area contributed by atoms with Gasteiger partial charge in [-0.05, 0) is 42.3 Å². The quantitative estimate of drug-likeness (QED) is 0.651. The van der Waals surface area contributed by atoms with Crippen LogP contribution in [-0.4, -0.2) is 14.2 Å². The number of allylic oxidation sites excluding steroid dienone is 1. The second-order valence-electron chi connectivity index (χ2n) is 6.87. The van der Waals surface area contributed by atoms with Crippen molar-refractivity contribution in [1.82, 2.24) is 0 Å². The van der Waals surface area contributed by atoms with E-state index in [0.29, 0.717) is 16.9 Å². The maximum Gasteiger partial charge on any atom is 0.270 e. The smallest absolute Gasteiger partial charge is 0.270 e. The van der Waals surface area contributed by atoms with Crippen LogP contribution in [0.5, 0.6) is 0 Å². The summed E-state index contributed by atoms with van der Waals surface area (Å²) < 4.78 is 28.0. The Balaban J connectivity index is 1.78. The van der Waals surface area contributed by atoms with Crippen LogP contribution in [0.25, 0.3) is 0 Å². The molecule has 146 valence electrons. The van der Waals surface area contributed by atoms with Crippen molar-refractivity contribution in [1.29, 1.82) is 0 Å². The maximum atomic E-state index is 13.4. The summed E-state index contributed by atoms with van der Waals surface area (Å²) >= 11 is 0. The fourth-order valence-electron chi connectivity index (χ4n) is 3.32. The number of rotatable bonds is 4. The molecule has 0 bridgehead atoms. The lowest BCUT2D eigenvalue weighted by molar-refractivity contribution is 0.104. The zero-order chi connectivity index (χ0) is 20.4. The zero-order valence-electron chi connectivity index (χ0n) is 15.9. The molecule has 1 aliphatic rings. The van der Waals surface area contributed by atoms with Crippen molar-refractivity contribution >= 4 is 27.2 Å². The molecular formula is C23H20N2O3S. The zero-order valence-corrected chi connectivity index (χ0v) is 16.7. The first-order valence-electron chi connectivity index (χ1n) is 9.20. The van der Waals surface area contributed by atoms with Crippen LogP contribution in [0.4, 0.5) is 11.4 Å². The molecule has 3 aromatic carbocycles. The van der Waals surface area contributed by atoms with Gasteiger partial charge < -0.3 is 5.32 Å². The third-order valence-electron chi connectivity index (χ3n) is 4.77. The van der Waals surface area contributed by atoms with Gasteiger partial charge in [0.2, 0.25) is 5.78 Å². The van der Waals surface area contributed by atoms with Crippen molar-refractivity contribution in [2.45, 2.75) is 13.5 Å². The van der Waals surface area contributed by atoms with Gasteiger partial charge >= 0.3 is 0 Å². The maximum absolute atomic E-state index is 13.4. The Labute approximate surface area is 170 Å². The van der Waals surface area contributed by atoms with Gasteiger partial charge in [-0.1, -0.05) is 54.6 Å². The number of benzene rings is 3. The van der Waals surface area contributed by atoms with E-state index >= 15 is 0 Å². The predicted octanol–water partition coefficient (Wildman–Crippen LogP) is 4.48. The van der Waals surface area contributed by atoms with Gasteiger partial charge in [-0.3, -0.25) is 9.10 Å². The van der Waals surface area contributed by atoms with Crippen LogP contribution in [0.15, 0.2) is 90.0 Å². The molecule has 0 aromatic heterocycles. The van der Waals surface area contributed by atoms with Gasteiger partial charge in [-0.2, -0.15) is 0 Å². The Morgan fingerprint density at radius 1 is 0.931 bits per heavy atom. The first kappa shape index (κ1) is 19.0. The Morgan fingerprint density at radius 2 is 1.66 bits per heavy atom. The van der Waals surface area contributed by atoms with Gasteiger partial charge in [-0.25, -0.2) is 8.42 Å². The number of carbonyl (C=O) groups excluding carboxylic acids is 1. The third-order valence-corrected chi connectivity index (χ3v) is 6.53. The minimum absolute atomic E-state index is 0.148. The average Bonchev–Trinajstić information content (AvgIpc) is 2.72. The summed E-state index contributed by atoms with van der Waals surface area (Å²) in [5.41, 5.74) is 3.35. The number of fused-ring (bicyclic) bond motifs is 1. The molecule has 1 N–H and O–H groups in total. The fourth-order valence-corrected chi connectivity index (χ4v) is 4.85. The molecule has 0 radical (unpaired) electrons. The van der Waals surface area contributed by atoms with E-state index in [1.54, 1.807) is 24.3 Å². The predicted molar refractivity (Wildman–Crippen MR) is 115 cm³/mol. The summed E-state index contributed by atoms with van der Waals surface area (Å²) in [5.74, 6) is -0.509. The van der Waals surface area contributed by atoms with Gasteiger partial charge in [0.05, 0.1) is 12.2 Å². The molecule has 0 fully saturated rings. The van der Waals surface area contributed by atoms with Gasteiger partial charge in [0.1, 0.15) is 0 Å². The summed E-state index contributed by atoms with van der Waals surface area (Å²) in [4.78, 5) is 12.7. The van der Waals surface area contributed by atoms with Crippen molar-refractivity contribution in [3.05, 3.63) is 107 Å². The Morgan fingerprint density at radius 3 is 2.41 bits per heavy atom. The molecule has 4 rings (SSSR count). The summed E-state index contributed by atoms with van der Waals surface area (Å²) in [6.45, 7) is 2.09. The first-order valence-corrected chi connectivity index (χ1v) is 10.6. The lowest BCUT2D eigenvalue weighted by Crippen LogP contribution is -2.39. The number of sulfonamides is 1. The molecule has 3 aromatic rings. The molecule has 0 spiro atoms. The van der Waals surface area contributed by atoms with Crippen LogP contribution < -0.4 is 9.62 Å². The second-order valence-corrected chi connectivity index (χ2v) is 8.70. The average molecular weight is 404 g/mol. The summed E-state index contributed by atoms with van der Waals surface area (Å²) in [5, 5.41) is 2.97. The van der Waals surface area contributed by atoms with E-state index in [1.807, 2.05) is 61.5 Å². The Hall–Kier alpha value is -3.38. The number of nitrogens with zero attached hydrogens (tertiary/aromatic N) is 1. The molecule has 0 atom stereocenters. The van der Waals surface area contributed by atoms with Gasteiger partial charge in [0.15, 0.2) is 4.91 Å². The Bertz CT molecular complexity index is 1200. The molecule has 5 nitrogen and oxygen atoms in total. The summed E-state index contributed by atoms with van der Waals surface area (Å²) in [7, 11) is -4.02. The first-order chi connectivity index (χ1) is 14.0. The fraction of sp³-hybridized carbons (Fsp3) is 0.0870. The second kappa shape index (κ2) is 7.56. The number of para-hydroxylation sites is 1. The van der Waals surface area contributed by atoms with Crippen molar-refractivity contribution in [2.24, 2.45) is 0 Å². The summed E-state index contributed by atoms with van der Waals surface area (Å²) in [6.07, 6.45) is 1.29. The van der Waals surface area contributed by atoms with Crippen LogP contribution >= 0.6 is 0 Å². The van der Waals surface area contributed by atoms with E-state index in [9.17, 15) is 13.2 Å². The molecule has 0 aliphatic carbocycles. The highest BCUT2D eigenvalue weighted by Gasteiger charge is 2.39. The standard InChI is InChI=1S/C23H20N2O3S/c1-17-8-7-11-19(14-17)24-15-22-23(26)20-12-5-6-13-21(20)25(29(22,27)28)16-18-9-3-2-4-10-18/h2-15,24H,16H2,1H3. The van der Waals surface area contributed by atoms with Crippen LogP contribution in [0.2, 0.25) is 0 Å². The minimum atomic E-state index is -4.02. The molecule has 0 amide bonds. The molecule has 29 heavy (non-hydrogen) atoms. The van der Waals surface area contributed by atoms with Crippen molar-refractivity contribution < 1.29 is 13.2 Å². The number of ketones is 1. The minimum Gasteiger partial charge on any atom is -0.360 e. The third kappa shape index (κ3) is 3.67. The van der Waals surface area contributed by atoms with E-state index in [4.69, 9.17) is 0 Å². The molecule has 1 heterocycles. The molecular weight excluding hydrogens is 384 g/mol. The normalized spacial score (nSPS) is 16.5. The largest absolute Gasteiger partial charge is 0.360 e. The van der Waals surface area contributed by atoms with Crippen LogP contribution in [0, 0.1) is 6.92 Å². The van der Waals surface area contributed by atoms with Crippen LogP contribution in [0.1, 0.15) is 21.5 Å². The number of aryl methyl sites for hydroxylation is 1. The Kier molecular flexibility index (Phi) is 4.94. The molecule has 6 heteroatoms. The monoisotopic (exact) mass is 404 g/mol. The van der Waals surface area contributed by atoms with Gasteiger partial charge in [0, 0.05) is 17.5 Å². The van der Waals surface area contributed by atoms with Crippen LogP contribution in [0.3, 0.4) is 0 Å². The summed E-state index contributed by atoms with van der Waals surface area (Å²) in [6, 6.07) is 23.6. The number of hydrogen-bond donors (Lipinski definition) is 1. The number of hydrogen-bond acceptors (Lipinski definition) is 4. The highest BCUT2D eigenvalue weighted by atomic mass is 32.2. The van der Waals surface area contributed by atoms with E-state index in [0.717, 1.165) is 11.1 Å². The van der Waals surface area contributed by atoms with Gasteiger partial charge in [-0.15, -0.1) is 0 Å². The van der Waals surface area contributed by atoms with E-state index in [2.05, 4.69) is 5.32 Å². The molecule has 1 aliphatic heterocycles. The van der Waals surface area contributed by atoms with E-state index in [1.165, 1.54) is 10.5 Å². The van der Waals surface area contributed by atoms with E-state index in [-0.39, 0.29) is 11.4 Å². The lowest BCUT2D eigenvalue weighted by atomic mass is 10.1. The molecule has 0 unspecified atom stereocenters. The highest BCUT2D eigenvalue weighted by molar-refractivity contribution is 7.97.